The van der Waals surface area contributed by atoms with Gasteiger partial charge in [-0.1, -0.05) is 18.0 Å². The Morgan fingerprint density at radius 3 is 2.53 bits per heavy atom. The first-order valence-corrected chi connectivity index (χ1v) is 9.95. The van der Waals surface area contributed by atoms with Gasteiger partial charge in [-0.3, -0.25) is 9.36 Å². The minimum absolute atomic E-state index is 0.0440. The van der Waals surface area contributed by atoms with Gasteiger partial charge in [0, 0.05) is 29.4 Å². The number of piperidine rings is 1. The number of carbonyl (C=O) groups is 1. The topological polar surface area (TPSA) is 56.6 Å². The van der Waals surface area contributed by atoms with Gasteiger partial charge in [0.2, 0.25) is 0 Å². The van der Waals surface area contributed by atoms with Crippen molar-refractivity contribution in [3.63, 3.8) is 0 Å². The number of hydrogen-bond donors (Lipinski definition) is 0. The highest BCUT2D eigenvalue weighted by molar-refractivity contribution is 6.35. The second kappa shape index (κ2) is 8.20. The van der Waals surface area contributed by atoms with Gasteiger partial charge in [0.1, 0.15) is 5.65 Å². The lowest BCUT2D eigenvalue weighted by Crippen LogP contribution is -2.25. The molecule has 9 heteroatoms. The van der Waals surface area contributed by atoms with Crippen LogP contribution in [0.3, 0.4) is 0 Å². The summed E-state index contributed by atoms with van der Waals surface area (Å²) in [5, 5.41) is 0.971. The molecule has 0 N–H and O–H groups in total. The quantitative estimate of drug-likeness (QED) is 0.535. The van der Waals surface area contributed by atoms with Crippen molar-refractivity contribution in [1.29, 1.82) is 0 Å². The number of nitrogens with zero attached hydrogens (tertiary/aromatic N) is 3. The highest BCUT2D eigenvalue weighted by atomic mass is 35.5. The van der Waals surface area contributed by atoms with Crippen LogP contribution in [0.1, 0.15) is 29.6 Å². The predicted molar refractivity (Wildman–Crippen MR) is 109 cm³/mol. The van der Waals surface area contributed by atoms with Crippen molar-refractivity contribution in [2.75, 3.05) is 20.1 Å². The average molecular weight is 436 g/mol. The van der Waals surface area contributed by atoms with Gasteiger partial charge < -0.3 is 14.4 Å². The molecule has 6 nitrogen and oxygen atoms in total. The van der Waals surface area contributed by atoms with E-state index >= 15 is 0 Å². The van der Waals surface area contributed by atoms with E-state index in [1.54, 1.807) is 22.9 Å². The van der Waals surface area contributed by atoms with Gasteiger partial charge >= 0.3 is 6.29 Å². The van der Waals surface area contributed by atoms with Crippen molar-refractivity contribution in [2.24, 2.45) is 0 Å². The van der Waals surface area contributed by atoms with Gasteiger partial charge in [-0.05, 0) is 51.2 Å². The Morgan fingerprint density at radius 2 is 1.87 bits per heavy atom. The number of pyridine rings is 1. The van der Waals surface area contributed by atoms with E-state index in [1.165, 1.54) is 50.7 Å². The van der Waals surface area contributed by atoms with Crippen LogP contribution in [0.5, 0.6) is 11.5 Å². The molecule has 0 saturated carbocycles. The molecule has 0 unspecified atom stereocenters. The molecule has 1 saturated heterocycles. The predicted octanol–water partition coefficient (Wildman–Crippen LogP) is 4.92. The summed E-state index contributed by atoms with van der Waals surface area (Å²) in [6, 6.07) is 5.97. The van der Waals surface area contributed by atoms with Crippen LogP contribution in [-0.2, 0) is 0 Å². The number of rotatable bonds is 2. The third-order valence-corrected chi connectivity index (χ3v) is 5.30. The van der Waals surface area contributed by atoms with Crippen LogP contribution >= 0.6 is 11.6 Å². The lowest BCUT2D eigenvalue weighted by Gasteiger charge is -2.20. The maximum atomic E-state index is 13.1. The maximum Gasteiger partial charge on any atom is 0.586 e. The first-order valence-electron chi connectivity index (χ1n) is 9.57. The van der Waals surface area contributed by atoms with Crippen LogP contribution in [0, 0.1) is 0 Å². The molecule has 2 aliphatic rings. The normalized spacial score (nSPS) is 17.5. The maximum absolute atomic E-state index is 13.1. The molecule has 0 aliphatic carbocycles. The summed E-state index contributed by atoms with van der Waals surface area (Å²) in [5.74, 6) is -0.118. The zero-order chi connectivity index (χ0) is 21.3. The highest BCUT2D eigenvalue weighted by Gasteiger charge is 2.43. The number of carbonyl (C=O) groups excluding carboxylic acids is 1. The number of benzene rings is 1. The Labute approximate surface area is 177 Å². The fourth-order valence-electron chi connectivity index (χ4n) is 3.49. The number of halogens is 3. The Kier molecular flexibility index (Phi) is 5.62. The average Bonchev–Trinajstić information content (AvgIpc) is 3.22. The molecule has 5 rings (SSSR count). The van der Waals surface area contributed by atoms with E-state index < -0.39 is 6.29 Å². The molecule has 1 fully saturated rings. The summed E-state index contributed by atoms with van der Waals surface area (Å²) in [7, 11) is 2.19. The Balaban J connectivity index is 0.000000265. The Bertz CT molecular complexity index is 1080. The van der Waals surface area contributed by atoms with Crippen molar-refractivity contribution in [3.8, 4) is 17.2 Å². The summed E-state index contributed by atoms with van der Waals surface area (Å²) >= 11 is 6.17. The molecular weight excluding hydrogens is 416 g/mol. The molecule has 3 aromatic rings. The van der Waals surface area contributed by atoms with E-state index in [2.05, 4.69) is 26.4 Å². The van der Waals surface area contributed by atoms with Crippen LogP contribution in [0.15, 0.2) is 36.7 Å². The molecule has 0 amide bonds. The number of aromatic nitrogens is 2. The summed E-state index contributed by atoms with van der Waals surface area (Å²) in [4.78, 5) is 17.4. The van der Waals surface area contributed by atoms with E-state index in [4.69, 9.17) is 11.6 Å². The number of hydrogen-bond acceptors (Lipinski definition) is 5. The monoisotopic (exact) mass is 435 g/mol. The molecule has 30 heavy (non-hydrogen) atoms. The summed E-state index contributed by atoms with van der Waals surface area (Å²) in [6.07, 6.45) is 4.27. The summed E-state index contributed by atoms with van der Waals surface area (Å²) < 4.78 is 36.6. The fourth-order valence-corrected chi connectivity index (χ4v) is 3.72. The van der Waals surface area contributed by atoms with Gasteiger partial charge in [-0.15, -0.1) is 8.78 Å². The summed E-state index contributed by atoms with van der Waals surface area (Å²) in [5.41, 5.74) is 1.40. The molecule has 0 bridgehead atoms. The summed E-state index contributed by atoms with van der Waals surface area (Å²) in [6.45, 7) is 2.64. The van der Waals surface area contributed by atoms with Crippen molar-refractivity contribution >= 4 is 28.9 Å². The first-order chi connectivity index (χ1) is 14.4. The highest BCUT2D eigenvalue weighted by Crippen LogP contribution is 2.42. The van der Waals surface area contributed by atoms with E-state index in [9.17, 15) is 13.6 Å². The minimum Gasteiger partial charge on any atom is -0.395 e. The standard InChI is InChI=1S/C15H7ClF2N2O3.C6H13N/c16-11-6-20(14-10(11)3-8(7-21)5-19-14)9-1-2-12-13(4-9)23-15(17,18)22-12;1-7-5-3-2-4-6-7/h1-7H;2-6H2,1H3. The lowest BCUT2D eigenvalue weighted by molar-refractivity contribution is -0.286. The second-order valence-electron chi connectivity index (χ2n) is 7.27. The molecule has 1 aromatic carbocycles. The van der Waals surface area contributed by atoms with Gasteiger partial charge in [-0.25, -0.2) is 4.98 Å². The molecule has 4 heterocycles. The van der Waals surface area contributed by atoms with Crippen LogP contribution < -0.4 is 9.47 Å². The third kappa shape index (κ3) is 4.24. The molecule has 0 radical (unpaired) electrons. The van der Waals surface area contributed by atoms with Crippen LogP contribution in [-0.4, -0.2) is 47.2 Å². The SMILES string of the molecule is CN1CCCCC1.O=Cc1cnc2c(c1)c(Cl)cn2-c1ccc2c(c1)OC(F)(F)O2. The molecule has 158 valence electrons. The first kappa shape index (κ1) is 20.6. The van der Waals surface area contributed by atoms with Crippen molar-refractivity contribution in [2.45, 2.75) is 25.6 Å². The smallest absolute Gasteiger partial charge is 0.395 e. The molecule has 2 aliphatic heterocycles. The second-order valence-corrected chi connectivity index (χ2v) is 7.67. The van der Waals surface area contributed by atoms with E-state index in [0.29, 0.717) is 33.6 Å². The molecule has 0 spiro atoms. The van der Waals surface area contributed by atoms with Gasteiger partial charge in [0.25, 0.3) is 0 Å². The van der Waals surface area contributed by atoms with Crippen molar-refractivity contribution in [1.82, 2.24) is 14.5 Å². The van der Waals surface area contributed by atoms with Crippen molar-refractivity contribution < 1.29 is 23.0 Å². The van der Waals surface area contributed by atoms with E-state index in [1.807, 2.05) is 0 Å². The van der Waals surface area contributed by atoms with E-state index in [0.717, 1.165) is 0 Å². The molecule has 2 aromatic heterocycles. The van der Waals surface area contributed by atoms with Crippen LogP contribution in [0.4, 0.5) is 8.78 Å². The molecule has 0 atom stereocenters. The minimum atomic E-state index is -3.67. The fraction of sp³-hybridized carbons (Fsp3) is 0.333. The largest absolute Gasteiger partial charge is 0.586 e. The zero-order valence-corrected chi connectivity index (χ0v) is 17.0. The third-order valence-electron chi connectivity index (χ3n) is 4.99. The van der Waals surface area contributed by atoms with E-state index in [-0.39, 0.29) is 11.5 Å². The Morgan fingerprint density at radius 1 is 1.13 bits per heavy atom. The number of aldehydes is 1. The molecular formula is C21H20ClF2N3O3. The number of likely N-dealkylation sites (tertiary alicyclic amines) is 1. The van der Waals surface area contributed by atoms with Gasteiger partial charge in [0.15, 0.2) is 17.8 Å². The van der Waals surface area contributed by atoms with Gasteiger partial charge in [-0.2, -0.15) is 0 Å². The van der Waals surface area contributed by atoms with Crippen molar-refractivity contribution in [3.05, 3.63) is 47.2 Å². The van der Waals surface area contributed by atoms with Crippen LogP contribution in [0.2, 0.25) is 5.02 Å². The number of fused-ring (bicyclic) bond motifs is 2. The Hall–Kier alpha value is -2.71. The number of ether oxygens (including phenoxy) is 2. The van der Waals surface area contributed by atoms with Gasteiger partial charge in [0.05, 0.1) is 10.7 Å². The van der Waals surface area contributed by atoms with Crippen LogP contribution in [0.25, 0.3) is 16.7 Å². The lowest BCUT2D eigenvalue weighted by atomic mass is 10.1. The number of alkyl halides is 2. The zero-order valence-electron chi connectivity index (χ0n) is 16.3.